The summed E-state index contributed by atoms with van der Waals surface area (Å²) in [5.41, 5.74) is 2.48. The van der Waals surface area contributed by atoms with Crippen LogP contribution in [0.3, 0.4) is 0 Å². The maximum Gasteiger partial charge on any atom is 0.267 e. The standard InChI is InChI=1S/C25H24N4O4S3/c1-16-6-5-12-28-22(16)27-21(26-11-9-17-7-3-2-4-8-17)19(23(28)30)14-20-24(31)29(25(34)35-20)18-10-13-36(32,33)15-18/h2-8,12,14,18,26H,9-11,13,15H2,1H3. The zero-order valence-corrected chi connectivity index (χ0v) is 22.0. The molecule has 3 aromatic rings. The number of amides is 1. The van der Waals surface area contributed by atoms with E-state index in [4.69, 9.17) is 17.2 Å². The van der Waals surface area contributed by atoms with Gasteiger partial charge in [0.05, 0.1) is 28.0 Å². The molecule has 0 aliphatic carbocycles. The van der Waals surface area contributed by atoms with Gasteiger partial charge in [0, 0.05) is 12.7 Å². The number of pyridine rings is 1. The van der Waals surface area contributed by atoms with Crippen molar-refractivity contribution in [2.45, 2.75) is 25.8 Å². The van der Waals surface area contributed by atoms with Crippen LogP contribution in [0, 0.1) is 6.92 Å². The summed E-state index contributed by atoms with van der Waals surface area (Å²) in [7, 11) is -3.19. The number of aryl methyl sites for hydroxylation is 1. The third kappa shape index (κ3) is 4.82. The zero-order valence-electron chi connectivity index (χ0n) is 19.5. The minimum Gasteiger partial charge on any atom is -0.369 e. The molecule has 0 bridgehead atoms. The Morgan fingerprint density at radius 2 is 1.97 bits per heavy atom. The van der Waals surface area contributed by atoms with E-state index in [0.717, 1.165) is 29.3 Å². The fourth-order valence-electron chi connectivity index (χ4n) is 4.45. The number of nitrogens with one attached hydrogen (secondary N) is 1. The topological polar surface area (TPSA) is 101 Å². The summed E-state index contributed by atoms with van der Waals surface area (Å²) < 4.78 is 25.7. The Balaban J connectivity index is 1.51. The Bertz CT molecular complexity index is 1570. The van der Waals surface area contributed by atoms with Gasteiger partial charge in [0.2, 0.25) is 0 Å². The molecular formula is C25H24N4O4S3. The van der Waals surface area contributed by atoms with Crippen LogP contribution < -0.4 is 10.9 Å². The van der Waals surface area contributed by atoms with Gasteiger partial charge in [-0.25, -0.2) is 13.4 Å². The number of anilines is 1. The van der Waals surface area contributed by atoms with Crippen molar-refractivity contribution in [1.29, 1.82) is 0 Å². The Morgan fingerprint density at radius 3 is 2.69 bits per heavy atom. The number of benzene rings is 1. The first-order valence-corrected chi connectivity index (χ1v) is 14.6. The second kappa shape index (κ2) is 9.79. The van der Waals surface area contributed by atoms with Crippen LogP contribution in [0.4, 0.5) is 5.82 Å². The van der Waals surface area contributed by atoms with Crippen LogP contribution in [0.5, 0.6) is 0 Å². The highest BCUT2D eigenvalue weighted by molar-refractivity contribution is 8.26. The van der Waals surface area contributed by atoms with Crippen LogP contribution in [0.25, 0.3) is 11.7 Å². The van der Waals surface area contributed by atoms with Crippen molar-refractivity contribution in [3.63, 3.8) is 0 Å². The summed E-state index contributed by atoms with van der Waals surface area (Å²) in [6, 6.07) is 13.2. The van der Waals surface area contributed by atoms with Crippen LogP contribution in [-0.2, 0) is 21.1 Å². The number of fused-ring (bicyclic) bond motifs is 1. The van der Waals surface area contributed by atoms with Gasteiger partial charge < -0.3 is 5.32 Å². The van der Waals surface area contributed by atoms with E-state index in [2.05, 4.69) is 5.32 Å². The van der Waals surface area contributed by atoms with Crippen molar-refractivity contribution in [3.8, 4) is 0 Å². The molecule has 0 saturated carbocycles. The maximum atomic E-state index is 13.5. The molecule has 0 spiro atoms. The van der Waals surface area contributed by atoms with Gasteiger partial charge in [0.15, 0.2) is 9.84 Å². The lowest BCUT2D eigenvalue weighted by Gasteiger charge is -2.20. The molecule has 1 aromatic carbocycles. The predicted octanol–water partition coefficient (Wildman–Crippen LogP) is 3.05. The second-order valence-electron chi connectivity index (χ2n) is 8.83. The Kier molecular flexibility index (Phi) is 6.71. The summed E-state index contributed by atoms with van der Waals surface area (Å²) >= 11 is 6.50. The molecule has 5 rings (SSSR count). The van der Waals surface area contributed by atoms with E-state index in [1.54, 1.807) is 12.3 Å². The molecule has 1 unspecified atom stereocenters. The van der Waals surface area contributed by atoms with Gasteiger partial charge in [-0.05, 0) is 43.0 Å². The lowest BCUT2D eigenvalue weighted by Crippen LogP contribution is -2.39. The molecule has 8 nitrogen and oxygen atoms in total. The highest BCUT2D eigenvalue weighted by Gasteiger charge is 2.42. The first kappa shape index (κ1) is 24.7. The Labute approximate surface area is 218 Å². The van der Waals surface area contributed by atoms with Crippen molar-refractivity contribution in [2.75, 3.05) is 23.4 Å². The summed E-state index contributed by atoms with van der Waals surface area (Å²) in [5, 5.41) is 3.28. The van der Waals surface area contributed by atoms with Gasteiger partial charge in [-0.1, -0.05) is 60.4 Å². The lowest BCUT2D eigenvalue weighted by atomic mass is 10.1. The molecule has 2 aliphatic rings. The minimum atomic E-state index is -3.19. The average molecular weight is 541 g/mol. The maximum absolute atomic E-state index is 13.5. The van der Waals surface area contributed by atoms with Crippen LogP contribution in [-0.4, -0.2) is 57.0 Å². The molecule has 4 heterocycles. The molecule has 2 saturated heterocycles. The van der Waals surface area contributed by atoms with Crippen molar-refractivity contribution in [3.05, 3.63) is 80.6 Å². The fraction of sp³-hybridized carbons (Fsp3) is 0.280. The second-order valence-corrected chi connectivity index (χ2v) is 12.7. The number of rotatable bonds is 6. The summed E-state index contributed by atoms with van der Waals surface area (Å²) in [6.07, 6.45) is 4.26. The van der Waals surface area contributed by atoms with Crippen LogP contribution in [0.2, 0.25) is 0 Å². The van der Waals surface area contributed by atoms with Crippen LogP contribution >= 0.6 is 24.0 Å². The Hall–Kier alpha value is -3.02. The third-order valence-electron chi connectivity index (χ3n) is 6.31. The summed E-state index contributed by atoms with van der Waals surface area (Å²) in [5.74, 6) is -0.0492. The molecule has 1 atom stereocenters. The van der Waals surface area contributed by atoms with E-state index in [1.807, 2.05) is 43.3 Å². The highest BCUT2D eigenvalue weighted by Crippen LogP contribution is 2.36. The molecule has 11 heteroatoms. The molecular weight excluding hydrogens is 517 g/mol. The molecule has 36 heavy (non-hydrogen) atoms. The van der Waals surface area contributed by atoms with Crippen molar-refractivity contribution < 1.29 is 13.2 Å². The molecule has 1 N–H and O–H groups in total. The van der Waals surface area contributed by atoms with E-state index < -0.39 is 15.9 Å². The first-order chi connectivity index (χ1) is 17.2. The van der Waals surface area contributed by atoms with Crippen molar-refractivity contribution in [2.24, 2.45) is 0 Å². The average Bonchev–Trinajstić information content (AvgIpc) is 3.34. The predicted molar refractivity (Wildman–Crippen MR) is 147 cm³/mol. The van der Waals surface area contributed by atoms with E-state index in [0.29, 0.717) is 28.8 Å². The molecule has 2 aromatic heterocycles. The van der Waals surface area contributed by atoms with Crippen LogP contribution in [0.15, 0.2) is 58.4 Å². The quantitative estimate of drug-likeness (QED) is 0.376. The van der Waals surface area contributed by atoms with E-state index >= 15 is 0 Å². The van der Waals surface area contributed by atoms with Gasteiger partial charge in [0.25, 0.3) is 11.5 Å². The molecule has 186 valence electrons. The number of hydrogen-bond acceptors (Lipinski definition) is 8. The van der Waals surface area contributed by atoms with Crippen LogP contribution in [0.1, 0.15) is 23.1 Å². The number of nitrogens with zero attached hydrogens (tertiary/aromatic N) is 3. The van der Waals surface area contributed by atoms with E-state index in [-0.39, 0.29) is 33.4 Å². The molecule has 2 aliphatic heterocycles. The van der Waals surface area contributed by atoms with Gasteiger partial charge in [-0.3, -0.25) is 18.9 Å². The van der Waals surface area contributed by atoms with Gasteiger partial charge in [0.1, 0.15) is 15.8 Å². The molecule has 2 fully saturated rings. The number of hydrogen-bond donors (Lipinski definition) is 1. The van der Waals surface area contributed by atoms with Crippen molar-refractivity contribution >= 4 is 61.6 Å². The van der Waals surface area contributed by atoms with Gasteiger partial charge in [-0.2, -0.15) is 0 Å². The SMILES string of the molecule is Cc1cccn2c(=O)c(C=C3SC(=S)N(C4CCS(=O)(=O)C4)C3=O)c(NCCc3ccccc3)nc12. The lowest BCUT2D eigenvalue weighted by molar-refractivity contribution is -0.123. The normalized spacial score (nSPS) is 20.5. The molecule has 0 radical (unpaired) electrons. The van der Waals surface area contributed by atoms with E-state index in [9.17, 15) is 18.0 Å². The smallest absolute Gasteiger partial charge is 0.267 e. The highest BCUT2D eigenvalue weighted by atomic mass is 32.2. The zero-order chi connectivity index (χ0) is 25.4. The van der Waals surface area contributed by atoms with E-state index in [1.165, 1.54) is 15.4 Å². The fourth-order valence-corrected chi connectivity index (χ4v) is 7.53. The number of thiocarbonyl (C=S) groups is 1. The number of aromatic nitrogens is 2. The summed E-state index contributed by atoms with van der Waals surface area (Å²) in [6.45, 7) is 2.43. The number of thioether (sulfide) groups is 1. The van der Waals surface area contributed by atoms with Gasteiger partial charge >= 0.3 is 0 Å². The molecule has 1 amide bonds. The van der Waals surface area contributed by atoms with Gasteiger partial charge in [-0.15, -0.1) is 0 Å². The number of carbonyl (C=O) groups excluding carboxylic acids is 1. The number of sulfone groups is 1. The summed E-state index contributed by atoms with van der Waals surface area (Å²) in [4.78, 5) is 33.2. The Morgan fingerprint density at radius 1 is 1.19 bits per heavy atom. The van der Waals surface area contributed by atoms with Crippen molar-refractivity contribution in [1.82, 2.24) is 14.3 Å². The largest absolute Gasteiger partial charge is 0.369 e. The first-order valence-electron chi connectivity index (χ1n) is 11.5. The monoisotopic (exact) mass is 540 g/mol. The minimum absolute atomic E-state index is 0.0402. The number of carbonyl (C=O) groups is 1. The third-order valence-corrected chi connectivity index (χ3v) is 9.39.